The quantitative estimate of drug-likeness (QED) is 0.410. The van der Waals surface area contributed by atoms with E-state index in [1.807, 2.05) is 4.90 Å². The average Bonchev–Trinajstić information content (AvgIpc) is 3.27. The highest BCUT2D eigenvalue weighted by atomic mass is 19.1. The van der Waals surface area contributed by atoms with E-state index >= 15 is 0 Å². The van der Waals surface area contributed by atoms with Crippen molar-refractivity contribution in [1.29, 1.82) is 0 Å². The van der Waals surface area contributed by atoms with Crippen LogP contribution in [0, 0.1) is 0 Å². The molecule has 3 aliphatic rings. The summed E-state index contributed by atoms with van der Waals surface area (Å²) in [6.07, 6.45) is 3.63. The average molecular weight is 474 g/mol. The Balaban J connectivity index is 1.42. The number of nitrogens with two attached hydrogens (primary N) is 1. The molecule has 0 aliphatic carbocycles. The van der Waals surface area contributed by atoms with Gasteiger partial charge in [0.25, 0.3) is 5.91 Å². The lowest BCUT2D eigenvalue weighted by Crippen LogP contribution is -2.65. The van der Waals surface area contributed by atoms with Gasteiger partial charge >= 0.3 is 0 Å². The number of amides is 1. The van der Waals surface area contributed by atoms with Gasteiger partial charge in [-0.15, -0.1) is 0 Å². The highest BCUT2D eigenvalue weighted by Crippen LogP contribution is 2.31. The number of halogens is 1. The molecule has 5 N–H and O–H groups in total. The summed E-state index contributed by atoms with van der Waals surface area (Å²) in [6, 6.07) is 1.74. The van der Waals surface area contributed by atoms with Crippen molar-refractivity contribution >= 4 is 23.6 Å². The number of aliphatic hydroxyl groups is 1. The minimum atomic E-state index is -1.87. The molecule has 0 radical (unpaired) electrons. The predicted molar refractivity (Wildman–Crippen MR) is 122 cm³/mol. The third-order valence-corrected chi connectivity index (χ3v) is 6.51. The highest BCUT2D eigenvalue weighted by molar-refractivity contribution is 5.87. The highest BCUT2D eigenvalue weighted by Gasteiger charge is 2.51. The van der Waals surface area contributed by atoms with Crippen molar-refractivity contribution in [2.45, 2.75) is 17.6 Å². The van der Waals surface area contributed by atoms with E-state index in [2.05, 4.69) is 30.6 Å². The normalized spacial score (nSPS) is 24.1. The minimum Gasteiger partial charge on any atom is -0.394 e. The van der Waals surface area contributed by atoms with Crippen LogP contribution in [0.15, 0.2) is 18.5 Å². The Hall–Kier alpha value is -3.16. The Morgan fingerprint density at radius 2 is 1.97 bits per heavy atom. The third-order valence-electron chi connectivity index (χ3n) is 6.51. The van der Waals surface area contributed by atoms with Crippen molar-refractivity contribution < 1.29 is 19.0 Å². The Morgan fingerprint density at radius 1 is 1.24 bits per heavy atom. The number of nitrogens with one attached hydrogen (secondary N) is 2. The van der Waals surface area contributed by atoms with E-state index in [1.54, 1.807) is 18.5 Å². The molecule has 0 spiro atoms. The summed E-state index contributed by atoms with van der Waals surface area (Å²) in [5.41, 5.74) is 4.15. The van der Waals surface area contributed by atoms with Crippen LogP contribution < -0.4 is 21.3 Å². The zero-order valence-corrected chi connectivity index (χ0v) is 18.7. The molecule has 34 heavy (non-hydrogen) atoms. The molecule has 2 aromatic heterocycles. The van der Waals surface area contributed by atoms with Crippen LogP contribution in [0.3, 0.4) is 0 Å². The molecule has 0 aromatic carbocycles. The zero-order chi connectivity index (χ0) is 23.8. The Morgan fingerprint density at radius 3 is 2.62 bits per heavy atom. The molecule has 3 fully saturated rings. The molecule has 182 valence electrons. The van der Waals surface area contributed by atoms with E-state index in [4.69, 9.17) is 10.5 Å². The first kappa shape index (κ1) is 22.6. The van der Waals surface area contributed by atoms with Gasteiger partial charge in [-0.3, -0.25) is 4.79 Å². The fourth-order valence-electron chi connectivity index (χ4n) is 4.39. The fraction of sp³-hybridized carbons (Fsp3) is 0.571. The van der Waals surface area contributed by atoms with Crippen LogP contribution in [0.25, 0.3) is 11.3 Å². The first-order chi connectivity index (χ1) is 16.4. The number of carbonyl (C=O) groups is 1. The van der Waals surface area contributed by atoms with Crippen molar-refractivity contribution in [3.63, 3.8) is 0 Å². The Labute approximate surface area is 195 Å². The number of aromatic nitrogens is 4. The number of nitrogens with zero attached hydrogens (tertiary/aromatic N) is 6. The summed E-state index contributed by atoms with van der Waals surface area (Å²) in [7, 11) is 0. The zero-order valence-electron chi connectivity index (χ0n) is 18.7. The first-order valence-electron chi connectivity index (χ1n) is 11.3. The predicted octanol–water partition coefficient (Wildman–Crippen LogP) is -0.961. The van der Waals surface area contributed by atoms with Gasteiger partial charge in [-0.1, -0.05) is 0 Å². The van der Waals surface area contributed by atoms with E-state index in [0.29, 0.717) is 62.3 Å². The maximum absolute atomic E-state index is 14.7. The second kappa shape index (κ2) is 8.89. The maximum Gasteiger partial charge on any atom is 0.263 e. The SMILES string of the molecule is Nc1ncc(-c2cc(N[C@@]3(CO)CCN(C(=O)C4(F)CNC4)C3)nc(N3CCOCC3)n2)cn1. The summed E-state index contributed by atoms with van der Waals surface area (Å²) >= 11 is 0. The van der Waals surface area contributed by atoms with Crippen molar-refractivity contribution in [1.82, 2.24) is 30.2 Å². The van der Waals surface area contributed by atoms with Crippen LogP contribution in [0.2, 0.25) is 0 Å². The molecule has 3 aliphatic heterocycles. The molecule has 0 saturated carbocycles. The largest absolute Gasteiger partial charge is 0.394 e. The maximum atomic E-state index is 14.7. The molecule has 0 bridgehead atoms. The number of nitrogen functional groups attached to an aromatic ring is 1. The van der Waals surface area contributed by atoms with Crippen molar-refractivity contribution in [3.05, 3.63) is 18.5 Å². The molecular formula is C21H28FN9O3. The third kappa shape index (κ3) is 4.33. The van der Waals surface area contributed by atoms with E-state index in [-0.39, 0.29) is 32.2 Å². The monoisotopic (exact) mass is 473 g/mol. The van der Waals surface area contributed by atoms with Gasteiger partial charge in [-0.2, -0.15) is 4.98 Å². The molecule has 0 unspecified atom stereocenters. The van der Waals surface area contributed by atoms with Crippen molar-refractivity contribution in [3.8, 4) is 11.3 Å². The van der Waals surface area contributed by atoms with Gasteiger partial charge in [0.15, 0.2) is 0 Å². The fourth-order valence-corrected chi connectivity index (χ4v) is 4.39. The van der Waals surface area contributed by atoms with Crippen LogP contribution in [0.4, 0.5) is 22.1 Å². The summed E-state index contributed by atoms with van der Waals surface area (Å²) in [5, 5.41) is 16.4. The van der Waals surface area contributed by atoms with Gasteiger partial charge in [0.1, 0.15) is 5.82 Å². The van der Waals surface area contributed by atoms with Crippen molar-refractivity contribution in [2.24, 2.45) is 0 Å². The topological polar surface area (TPSA) is 155 Å². The summed E-state index contributed by atoms with van der Waals surface area (Å²) in [6.45, 7) is 2.72. The smallest absolute Gasteiger partial charge is 0.263 e. The van der Waals surface area contributed by atoms with Gasteiger partial charge in [0.05, 0.1) is 31.1 Å². The molecule has 13 heteroatoms. The minimum absolute atomic E-state index is 0.0176. The number of aliphatic hydroxyl groups excluding tert-OH is 1. The summed E-state index contributed by atoms with van der Waals surface area (Å²) in [5.74, 6) is 0.598. The lowest BCUT2D eigenvalue weighted by atomic mass is 9.97. The van der Waals surface area contributed by atoms with Crippen LogP contribution in [0.5, 0.6) is 0 Å². The van der Waals surface area contributed by atoms with Gasteiger partial charge in [-0.05, 0) is 6.42 Å². The molecular weight excluding hydrogens is 445 g/mol. The first-order valence-corrected chi connectivity index (χ1v) is 11.3. The molecule has 1 amide bonds. The van der Waals surface area contributed by atoms with Gasteiger partial charge in [0, 0.05) is 63.3 Å². The molecule has 12 nitrogen and oxygen atoms in total. The number of anilines is 3. The lowest BCUT2D eigenvalue weighted by Gasteiger charge is -2.37. The second-order valence-electron chi connectivity index (χ2n) is 8.98. The molecule has 5 heterocycles. The van der Waals surface area contributed by atoms with E-state index in [9.17, 15) is 14.3 Å². The molecule has 1 atom stereocenters. The summed E-state index contributed by atoms with van der Waals surface area (Å²) in [4.78, 5) is 33.6. The Kier molecular flexibility index (Phi) is 5.91. The van der Waals surface area contributed by atoms with Crippen molar-refractivity contribution in [2.75, 3.05) is 75.0 Å². The number of hydrogen-bond acceptors (Lipinski definition) is 11. The number of alkyl halides is 1. The van der Waals surface area contributed by atoms with Crippen LogP contribution in [-0.2, 0) is 9.53 Å². The second-order valence-corrected chi connectivity index (χ2v) is 8.98. The van der Waals surface area contributed by atoms with E-state index in [0.717, 1.165) is 0 Å². The van der Waals surface area contributed by atoms with Gasteiger partial charge < -0.3 is 36.0 Å². The summed E-state index contributed by atoms with van der Waals surface area (Å²) < 4.78 is 20.1. The standard InChI is InChI=1S/C21H28FN9O3/c22-21(10-24-11-21)17(33)31-2-1-20(12-31,13-32)29-16-7-15(14-8-25-18(23)26-9-14)27-19(28-16)30-3-5-34-6-4-30/h7-9,24,32H,1-6,10-13H2,(H2,23,25,26)(H,27,28,29)/t20-/m0/s1. The number of carbonyl (C=O) groups excluding carboxylic acids is 1. The van der Waals surface area contributed by atoms with Gasteiger partial charge in [-0.25, -0.2) is 19.3 Å². The van der Waals surface area contributed by atoms with Crippen LogP contribution >= 0.6 is 0 Å². The van der Waals surface area contributed by atoms with E-state index < -0.39 is 17.1 Å². The van der Waals surface area contributed by atoms with Crippen LogP contribution in [-0.4, -0.2) is 106 Å². The molecule has 5 rings (SSSR count). The number of rotatable bonds is 6. The number of morpholine rings is 1. The Bertz CT molecular complexity index is 1050. The van der Waals surface area contributed by atoms with Crippen LogP contribution in [0.1, 0.15) is 6.42 Å². The lowest BCUT2D eigenvalue weighted by molar-refractivity contribution is -0.146. The molecule has 2 aromatic rings. The number of hydrogen-bond donors (Lipinski definition) is 4. The number of ether oxygens (including phenoxy) is 1. The van der Waals surface area contributed by atoms with Gasteiger partial charge in [0.2, 0.25) is 17.6 Å². The molecule has 3 saturated heterocycles. The number of likely N-dealkylation sites (tertiary alicyclic amines) is 1. The van der Waals surface area contributed by atoms with E-state index in [1.165, 1.54) is 4.90 Å².